The molecular weight excluding hydrogens is 344 g/mol. The summed E-state index contributed by atoms with van der Waals surface area (Å²) in [6.45, 7) is 4.35. The van der Waals surface area contributed by atoms with E-state index in [4.69, 9.17) is 0 Å². The Morgan fingerprint density at radius 3 is 1.48 bits per heavy atom. The Kier molecular flexibility index (Phi) is 3.91. The number of carbonyl (C=O) groups is 4. The molecule has 0 aromatic heterocycles. The average molecular weight is 362 g/mol. The molecule has 0 bridgehead atoms. The van der Waals surface area contributed by atoms with Crippen LogP contribution in [-0.2, 0) is 9.59 Å². The van der Waals surface area contributed by atoms with E-state index in [1.165, 1.54) is 9.80 Å². The molecule has 0 saturated carbocycles. The van der Waals surface area contributed by atoms with E-state index in [1.807, 2.05) is 26.0 Å². The van der Waals surface area contributed by atoms with E-state index in [2.05, 4.69) is 0 Å². The van der Waals surface area contributed by atoms with Crippen molar-refractivity contribution in [2.75, 3.05) is 22.9 Å². The smallest absolute Gasteiger partial charge is 0.299 e. The maximum Gasteiger partial charge on any atom is 0.299 e. The van der Waals surface area contributed by atoms with Crippen LogP contribution in [0.3, 0.4) is 0 Å². The van der Waals surface area contributed by atoms with Crippen LogP contribution in [0.25, 0.3) is 0 Å². The Hall–Kier alpha value is -3.28. The van der Waals surface area contributed by atoms with Crippen molar-refractivity contribution in [3.63, 3.8) is 0 Å². The average Bonchev–Trinajstić information content (AvgIpc) is 3.02. The minimum atomic E-state index is -0.546. The molecule has 0 aliphatic carbocycles. The molecule has 2 aliphatic heterocycles. The van der Waals surface area contributed by atoms with Crippen LogP contribution in [-0.4, -0.2) is 36.5 Å². The van der Waals surface area contributed by atoms with Gasteiger partial charge in [0.2, 0.25) is 0 Å². The van der Waals surface area contributed by atoms with Crippen LogP contribution in [0.4, 0.5) is 11.4 Å². The van der Waals surface area contributed by atoms with Gasteiger partial charge < -0.3 is 9.80 Å². The minimum Gasteiger partial charge on any atom is -0.305 e. The maximum absolute atomic E-state index is 12.3. The summed E-state index contributed by atoms with van der Waals surface area (Å²) in [6.07, 6.45) is 0.457. The molecule has 136 valence electrons. The van der Waals surface area contributed by atoms with Crippen LogP contribution in [0.15, 0.2) is 36.4 Å². The second kappa shape index (κ2) is 6.16. The number of carbonyl (C=O) groups excluding carboxylic acids is 4. The molecule has 6 heteroatoms. The lowest BCUT2D eigenvalue weighted by molar-refractivity contribution is -0.114. The lowest BCUT2D eigenvalue weighted by Gasteiger charge is -2.20. The second-order valence-electron chi connectivity index (χ2n) is 6.97. The van der Waals surface area contributed by atoms with Gasteiger partial charge >= 0.3 is 0 Å². The largest absolute Gasteiger partial charge is 0.305 e. The Morgan fingerprint density at radius 1 is 0.667 bits per heavy atom. The summed E-state index contributed by atoms with van der Waals surface area (Å²) in [7, 11) is 0. The molecule has 27 heavy (non-hydrogen) atoms. The van der Waals surface area contributed by atoms with Crippen molar-refractivity contribution in [2.45, 2.75) is 20.3 Å². The number of ketones is 2. The second-order valence-corrected chi connectivity index (χ2v) is 6.97. The van der Waals surface area contributed by atoms with E-state index < -0.39 is 23.4 Å². The third-order valence-electron chi connectivity index (χ3n) is 5.02. The van der Waals surface area contributed by atoms with Crippen LogP contribution in [0, 0.1) is 13.8 Å². The van der Waals surface area contributed by atoms with Gasteiger partial charge in [0.05, 0.1) is 22.5 Å². The number of nitrogens with zero attached hydrogens (tertiary/aromatic N) is 2. The highest BCUT2D eigenvalue weighted by Crippen LogP contribution is 2.32. The highest BCUT2D eigenvalue weighted by molar-refractivity contribution is 6.53. The number of rotatable bonds is 4. The first-order valence-corrected chi connectivity index (χ1v) is 8.82. The van der Waals surface area contributed by atoms with Crippen molar-refractivity contribution < 1.29 is 19.2 Å². The zero-order valence-corrected chi connectivity index (χ0v) is 15.1. The molecule has 0 N–H and O–H groups in total. The predicted octanol–water partition coefficient (Wildman–Crippen LogP) is 2.45. The van der Waals surface area contributed by atoms with Crippen molar-refractivity contribution in [3.05, 3.63) is 58.7 Å². The summed E-state index contributed by atoms with van der Waals surface area (Å²) >= 11 is 0. The van der Waals surface area contributed by atoms with Crippen molar-refractivity contribution in [1.29, 1.82) is 0 Å². The number of amides is 2. The Bertz CT molecular complexity index is 943. The van der Waals surface area contributed by atoms with Crippen LogP contribution >= 0.6 is 0 Å². The van der Waals surface area contributed by atoms with Crippen molar-refractivity contribution >= 4 is 34.8 Å². The number of aryl methyl sites for hydroxylation is 2. The molecule has 4 rings (SSSR count). The molecule has 2 aromatic rings. The molecule has 0 saturated heterocycles. The number of anilines is 2. The summed E-state index contributed by atoms with van der Waals surface area (Å²) in [4.78, 5) is 51.8. The quantitative estimate of drug-likeness (QED) is 0.783. The first-order chi connectivity index (χ1) is 12.9. The predicted molar refractivity (Wildman–Crippen MR) is 100 cm³/mol. The topological polar surface area (TPSA) is 74.8 Å². The third-order valence-corrected chi connectivity index (χ3v) is 5.02. The Balaban J connectivity index is 1.50. The molecule has 0 unspecified atom stereocenters. The fraction of sp³-hybridized carbons (Fsp3) is 0.238. The van der Waals surface area contributed by atoms with E-state index in [-0.39, 0.29) is 0 Å². The summed E-state index contributed by atoms with van der Waals surface area (Å²) in [6, 6.07) is 10.7. The number of fused-ring (bicyclic) bond motifs is 2. The summed E-state index contributed by atoms with van der Waals surface area (Å²) in [5.41, 5.74) is 3.90. The summed E-state index contributed by atoms with van der Waals surface area (Å²) < 4.78 is 0. The van der Waals surface area contributed by atoms with Gasteiger partial charge in [-0.3, -0.25) is 19.2 Å². The normalized spacial score (nSPS) is 15.6. The van der Waals surface area contributed by atoms with Gasteiger partial charge in [0.25, 0.3) is 23.4 Å². The zero-order valence-electron chi connectivity index (χ0n) is 15.1. The highest BCUT2D eigenvalue weighted by Gasteiger charge is 2.37. The molecule has 0 atom stereocenters. The van der Waals surface area contributed by atoms with Crippen LogP contribution < -0.4 is 9.80 Å². The number of benzene rings is 2. The van der Waals surface area contributed by atoms with Gasteiger partial charge in [-0.05, 0) is 44.5 Å². The Labute approximate surface area is 156 Å². The summed E-state index contributed by atoms with van der Waals surface area (Å²) in [5.74, 6) is -2.09. The van der Waals surface area contributed by atoms with E-state index in [0.717, 1.165) is 11.1 Å². The lowest BCUT2D eigenvalue weighted by Crippen LogP contribution is -2.35. The third kappa shape index (κ3) is 2.65. The molecule has 2 amide bonds. The molecule has 2 heterocycles. The van der Waals surface area contributed by atoms with Gasteiger partial charge in [0.15, 0.2) is 0 Å². The van der Waals surface area contributed by atoms with E-state index in [1.54, 1.807) is 24.3 Å². The van der Waals surface area contributed by atoms with Gasteiger partial charge in [-0.15, -0.1) is 0 Å². The van der Waals surface area contributed by atoms with Gasteiger partial charge in [0.1, 0.15) is 0 Å². The van der Waals surface area contributed by atoms with Gasteiger partial charge in [-0.25, -0.2) is 0 Å². The van der Waals surface area contributed by atoms with E-state index in [9.17, 15) is 19.2 Å². The van der Waals surface area contributed by atoms with Gasteiger partial charge in [-0.1, -0.05) is 23.3 Å². The SMILES string of the molecule is Cc1ccc2c(c1)C(=O)C(=O)N2CCCN1C(=O)C(=O)c2cc(C)ccc21. The summed E-state index contributed by atoms with van der Waals surface area (Å²) in [5, 5.41) is 0. The number of hydrogen-bond donors (Lipinski definition) is 0. The maximum atomic E-state index is 12.3. The first kappa shape index (κ1) is 17.1. The lowest BCUT2D eigenvalue weighted by atomic mass is 10.1. The number of hydrogen-bond acceptors (Lipinski definition) is 4. The fourth-order valence-electron chi connectivity index (χ4n) is 3.66. The van der Waals surface area contributed by atoms with Crippen molar-refractivity contribution in [1.82, 2.24) is 0 Å². The van der Waals surface area contributed by atoms with Crippen molar-refractivity contribution in [2.24, 2.45) is 0 Å². The zero-order chi connectivity index (χ0) is 19.3. The molecule has 2 aliphatic rings. The molecule has 0 radical (unpaired) electrons. The molecule has 0 fully saturated rings. The van der Waals surface area contributed by atoms with E-state index >= 15 is 0 Å². The first-order valence-electron chi connectivity index (χ1n) is 8.82. The van der Waals surface area contributed by atoms with E-state index in [0.29, 0.717) is 42.0 Å². The molecule has 6 nitrogen and oxygen atoms in total. The minimum absolute atomic E-state index is 0.305. The molecule has 0 spiro atoms. The van der Waals surface area contributed by atoms with Crippen molar-refractivity contribution in [3.8, 4) is 0 Å². The highest BCUT2D eigenvalue weighted by atomic mass is 16.2. The monoisotopic (exact) mass is 362 g/mol. The molecule has 2 aromatic carbocycles. The van der Waals surface area contributed by atoms with Gasteiger partial charge in [0, 0.05) is 13.1 Å². The van der Waals surface area contributed by atoms with Crippen LogP contribution in [0.1, 0.15) is 38.3 Å². The molecular formula is C21H18N2O4. The van der Waals surface area contributed by atoms with Crippen LogP contribution in [0.2, 0.25) is 0 Å². The number of Topliss-reactive ketones (excluding diaryl/α,β-unsaturated/α-hetero) is 2. The standard InChI is InChI=1S/C21H18N2O4/c1-12-4-6-16-14(10-12)18(24)20(26)22(16)8-3-9-23-17-7-5-13(2)11-15(17)19(25)21(23)27/h4-7,10-11H,3,8-9H2,1-2H3. The van der Waals surface area contributed by atoms with Gasteiger partial charge in [-0.2, -0.15) is 0 Å². The Morgan fingerprint density at radius 2 is 1.07 bits per heavy atom. The fourth-order valence-corrected chi connectivity index (χ4v) is 3.66. The van der Waals surface area contributed by atoms with Crippen LogP contribution in [0.5, 0.6) is 0 Å².